The fourth-order valence-corrected chi connectivity index (χ4v) is 4.04. The molecular formula is C28H24ClNO6. The monoisotopic (exact) mass is 505 g/mol. The Morgan fingerprint density at radius 1 is 1.03 bits per heavy atom. The summed E-state index contributed by atoms with van der Waals surface area (Å²) in [6.07, 6.45) is 0.564. The number of ether oxygens (including phenoxy) is 1. The van der Waals surface area contributed by atoms with Gasteiger partial charge in [-0.2, -0.15) is 0 Å². The highest BCUT2D eigenvalue weighted by Gasteiger charge is 2.21. The average Bonchev–Trinajstić information content (AvgIpc) is 2.86. The molecule has 4 rings (SSSR count). The summed E-state index contributed by atoms with van der Waals surface area (Å²) in [7, 11) is 0. The van der Waals surface area contributed by atoms with E-state index < -0.39 is 30.2 Å². The summed E-state index contributed by atoms with van der Waals surface area (Å²) in [5.74, 6) is -1.43. The molecule has 1 atom stereocenters. The minimum absolute atomic E-state index is 0.101. The highest BCUT2D eigenvalue weighted by molar-refractivity contribution is 6.30. The van der Waals surface area contributed by atoms with E-state index in [0.717, 1.165) is 22.1 Å². The van der Waals surface area contributed by atoms with Crippen LogP contribution in [0.3, 0.4) is 0 Å². The molecule has 0 bridgehead atoms. The number of halogens is 1. The first-order valence-corrected chi connectivity index (χ1v) is 11.7. The number of fused-ring (bicyclic) bond motifs is 1. The second-order valence-corrected chi connectivity index (χ2v) is 8.83. The Balaban J connectivity index is 1.43. The van der Waals surface area contributed by atoms with Crippen molar-refractivity contribution in [1.29, 1.82) is 0 Å². The van der Waals surface area contributed by atoms with Crippen molar-refractivity contribution in [1.82, 2.24) is 5.32 Å². The molecule has 0 fully saturated rings. The van der Waals surface area contributed by atoms with Crippen molar-refractivity contribution in [2.75, 3.05) is 6.61 Å². The van der Waals surface area contributed by atoms with Crippen LogP contribution in [0.2, 0.25) is 5.02 Å². The molecule has 0 radical (unpaired) electrons. The number of carboxylic acids is 1. The maximum Gasteiger partial charge on any atom is 0.340 e. The number of amides is 1. The van der Waals surface area contributed by atoms with Crippen molar-refractivity contribution in [3.8, 4) is 5.75 Å². The molecule has 1 heterocycles. The number of aryl methyl sites for hydroxylation is 1. The first-order valence-electron chi connectivity index (χ1n) is 11.3. The van der Waals surface area contributed by atoms with Gasteiger partial charge in [0.2, 0.25) is 0 Å². The second kappa shape index (κ2) is 11.1. The van der Waals surface area contributed by atoms with Crippen LogP contribution in [-0.2, 0) is 22.4 Å². The number of hydrogen-bond donors (Lipinski definition) is 2. The Morgan fingerprint density at radius 2 is 1.75 bits per heavy atom. The van der Waals surface area contributed by atoms with E-state index >= 15 is 0 Å². The van der Waals surface area contributed by atoms with Gasteiger partial charge in [0.25, 0.3) is 5.91 Å². The minimum Gasteiger partial charge on any atom is -0.484 e. The van der Waals surface area contributed by atoms with E-state index in [9.17, 15) is 19.5 Å². The topological polar surface area (TPSA) is 106 Å². The van der Waals surface area contributed by atoms with Gasteiger partial charge in [-0.1, -0.05) is 54.1 Å². The van der Waals surface area contributed by atoms with Crippen molar-refractivity contribution in [2.24, 2.45) is 0 Å². The molecule has 0 saturated heterocycles. The van der Waals surface area contributed by atoms with Crippen molar-refractivity contribution in [3.05, 3.63) is 110 Å². The molecule has 1 amide bonds. The molecule has 2 N–H and O–H groups in total. The van der Waals surface area contributed by atoms with Crippen LogP contribution in [0.5, 0.6) is 5.75 Å². The third-order valence-corrected chi connectivity index (χ3v) is 6.09. The second-order valence-electron chi connectivity index (χ2n) is 8.39. The number of hydrogen-bond acceptors (Lipinski definition) is 5. The van der Waals surface area contributed by atoms with Crippen molar-refractivity contribution in [2.45, 2.75) is 25.8 Å². The van der Waals surface area contributed by atoms with Gasteiger partial charge in [-0.25, -0.2) is 9.59 Å². The maximum atomic E-state index is 12.7. The number of nitrogens with one attached hydrogen (secondary N) is 1. The van der Waals surface area contributed by atoms with E-state index in [1.54, 1.807) is 42.5 Å². The number of aliphatic carboxylic acids is 1. The summed E-state index contributed by atoms with van der Waals surface area (Å²) in [6, 6.07) is 20.3. The summed E-state index contributed by atoms with van der Waals surface area (Å²) in [4.78, 5) is 36.6. The number of rotatable bonds is 9. The van der Waals surface area contributed by atoms with Crippen LogP contribution in [0.25, 0.3) is 11.0 Å². The predicted octanol–water partition coefficient (Wildman–Crippen LogP) is 4.54. The van der Waals surface area contributed by atoms with Gasteiger partial charge in [0, 0.05) is 34.9 Å². The molecule has 3 aromatic carbocycles. The molecule has 0 spiro atoms. The predicted molar refractivity (Wildman–Crippen MR) is 137 cm³/mol. The van der Waals surface area contributed by atoms with Gasteiger partial charge >= 0.3 is 11.6 Å². The lowest BCUT2D eigenvalue weighted by Gasteiger charge is -2.15. The van der Waals surface area contributed by atoms with Gasteiger partial charge < -0.3 is 19.6 Å². The molecule has 1 aromatic heterocycles. The van der Waals surface area contributed by atoms with Crippen LogP contribution in [-0.4, -0.2) is 29.6 Å². The molecule has 0 saturated carbocycles. The van der Waals surface area contributed by atoms with Gasteiger partial charge in [-0.05, 0) is 47.9 Å². The lowest BCUT2D eigenvalue weighted by atomic mass is 10.00. The zero-order chi connectivity index (χ0) is 25.7. The van der Waals surface area contributed by atoms with Crippen LogP contribution < -0.4 is 15.7 Å². The normalized spacial score (nSPS) is 11.7. The van der Waals surface area contributed by atoms with Crippen LogP contribution in [0, 0.1) is 6.92 Å². The smallest absolute Gasteiger partial charge is 0.340 e. The molecule has 0 aliphatic heterocycles. The first-order chi connectivity index (χ1) is 17.3. The molecule has 0 unspecified atom stereocenters. The van der Waals surface area contributed by atoms with E-state index in [1.807, 2.05) is 37.3 Å². The fourth-order valence-electron chi connectivity index (χ4n) is 3.91. The van der Waals surface area contributed by atoms with E-state index in [4.69, 9.17) is 20.8 Å². The lowest BCUT2D eigenvalue weighted by Crippen LogP contribution is -2.44. The Bertz CT molecular complexity index is 1450. The Labute approximate surface area is 212 Å². The SMILES string of the molecule is Cc1c(Cc2ccccc2)c(=O)oc2cc(OCC(=O)N[C@H](Cc3ccc(Cl)cc3)C(=O)O)ccc12. The summed E-state index contributed by atoms with van der Waals surface area (Å²) in [5, 5.41) is 13.3. The highest BCUT2D eigenvalue weighted by Crippen LogP contribution is 2.25. The minimum atomic E-state index is -1.16. The van der Waals surface area contributed by atoms with Crippen LogP contribution in [0.15, 0.2) is 82.0 Å². The summed E-state index contributed by atoms with van der Waals surface area (Å²) in [5.41, 5.74) is 3.06. The zero-order valence-corrected chi connectivity index (χ0v) is 20.2. The quantitative estimate of drug-likeness (QED) is 0.324. The zero-order valence-electron chi connectivity index (χ0n) is 19.5. The van der Waals surface area contributed by atoms with E-state index in [0.29, 0.717) is 28.3 Å². The van der Waals surface area contributed by atoms with Crippen molar-refractivity contribution < 1.29 is 23.8 Å². The maximum absolute atomic E-state index is 12.7. The van der Waals surface area contributed by atoms with Crippen molar-refractivity contribution >= 4 is 34.4 Å². The van der Waals surface area contributed by atoms with Crippen LogP contribution >= 0.6 is 11.6 Å². The molecule has 0 aliphatic carbocycles. The number of carbonyl (C=O) groups excluding carboxylic acids is 1. The molecule has 4 aromatic rings. The molecule has 8 heteroatoms. The number of benzene rings is 3. The van der Waals surface area contributed by atoms with E-state index in [-0.39, 0.29) is 6.42 Å². The lowest BCUT2D eigenvalue weighted by molar-refractivity contribution is -0.142. The number of carboxylic acid groups (broad SMARTS) is 1. The summed E-state index contributed by atoms with van der Waals surface area (Å²) < 4.78 is 11.1. The van der Waals surface area contributed by atoms with Gasteiger partial charge in [-0.15, -0.1) is 0 Å². The summed E-state index contributed by atoms with van der Waals surface area (Å²) in [6.45, 7) is 1.48. The molecule has 7 nitrogen and oxygen atoms in total. The Morgan fingerprint density at radius 3 is 2.44 bits per heavy atom. The first kappa shape index (κ1) is 25.0. The molecule has 36 heavy (non-hydrogen) atoms. The third kappa shape index (κ3) is 6.12. The van der Waals surface area contributed by atoms with Gasteiger partial charge in [0.15, 0.2) is 6.61 Å². The van der Waals surface area contributed by atoms with Crippen LogP contribution in [0.4, 0.5) is 0 Å². The van der Waals surface area contributed by atoms with Gasteiger partial charge in [-0.3, -0.25) is 4.79 Å². The molecule has 0 aliphatic rings. The van der Waals surface area contributed by atoms with E-state index in [2.05, 4.69) is 5.32 Å². The third-order valence-electron chi connectivity index (χ3n) is 5.84. The number of carbonyl (C=O) groups is 2. The molecular weight excluding hydrogens is 482 g/mol. The Kier molecular flexibility index (Phi) is 7.71. The fraction of sp³-hybridized carbons (Fsp3) is 0.179. The van der Waals surface area contributed by atoms with E-state index in [1.165, 1.54) is 0 Å². The van der Waals surface area contributed by atoms with Crippen molar-refractivity contribution in [3.63, 3.8) is 0 Å². The largest absolute Gasteiger partial charge is 0.484 e. The average molecular weight is 506 g/mol. The van der Waals surface area contributed by atoms with Crippen LogP contribution in [0.1, 0.15) is 22.3 Å². The Hall–Kier alpha value is -4.10. The summed E-state index contributed by atoms with van der Waals surface area (Å²) >= 11 is 5.86. The molecule has 184 valence electrons. The standard InChI is InChI=1S/C28H24ClNO6/c1-17-22-12-11-21(15-25(22)36-28(34)23(17)13-18-5-3-2-4-6-18)35-16-26(31)30-24(27(32)33)14-19-7-9-20(29)10-8-19/h2-12,15,24H,13-14,16H2,1H3,(H,30,31)(H,32,33)/t24-/m1/s1. The highest BCUT2D eigenvalue weighted by atomic mass is 35.5. The van der Waals surface area contributed by atoms with Gasteiger partial charge in [0.05, 0.1) is 0 Å². The van der Waals surface area contributed by atoms with Gasteiger partial charge in [0.1, 0.15) is 17.4 Å².